The zero-order chi connectivity index (χ0) is 46.8. The van der Waals surface area contributed by atoms with Crippen LogP contribution in [0.5, 0.6) is 17.2 Å². The maximum atomic E-state index is 13.5. The molecular formula is C51H75O9P. The first-order valence-corrected chi connectivity index (χ1v) is 22.6. The molecule has 0 heterocycles. The molecule has 9 nitrogen and oxygen atoms in total. The van der Waals surface area contributed by atoms with E-state index in [2.05, 4.69) is 0 Å². The minimum Gasteiger partial charge on any atom is -0.507 e. The van der Waals surface area contributed by atoms with Crippen LogP contribution in [-0.2, 0) is 79.7 Å². The van der Waals surface area contributed by atoms with Crippen LogP contribution in [0, 0.1) is 0 Å². The van der Waals surface area contributed by atoms with E-state index in [1.807, 2.05) is 161 Å². The molecule has 0 aliphatic rings. The summed E-state index contributed by atoms with van der Waals surface area (Å²) in [5.41, 5.74) is 4.95. The third-order valence-electron chi connectivity index (χ3n) is 10.7. The number of phenols is 3. The van der Waals surface area contributed by atoms with Crippen LogP contribution in [0.15, 0.2) is 36.4 Å². The van der Waals surface area contributed by atoms with Gasteiger partial charge in [-0.1, -0.05) is 161 Å². The molecule has 0 unspecified atom stereocenters. The van der Waals surface area contributed by atoms with E-state index in [1.165, 1.54) is 0 Å². The largest absolute Gasteiger partial charge is 0.537 e. The zero-order valence-corrected chi connectivity index (χ0v) is 41.3. The van der Waals surface area contributed by atoms with Crippen LogP contribution in [0.1, 0.15) is 194 Å². The van der Waals surface area contributed by atoms with Crippen molar-refractivity contribution in [1.29, 1.82) is 0 Å². The molecular weight excluding hydrogens is 788 g/mol. The Labute approximate surface area is 368 Å². The highest BCUT2D eigenvalue weighted by Crippen LogP contribution is 2.45. The standard InChI is InChI=1S/C51H75O9P/c1-46(2,3)34-25-31(26-35(43(34)55)47(4,5)6)19-22-40(52)58-61(59-41(53)23-20-32-27-36(48(7,8)9)44(56)37(28-32)49(10,11)12)60-42(54)24-21-33-29-38(50(13,14)15)45(57)39(30-33)51(16,17)18/h25-30,55-57H,19-24H2,1-18H3. The Morgan fingerprint density at radius 1 is 0.377 bits per heavy atom. The first-order chi connectivity index (χ1) is 27.5. The van der Waals surface area contributed by atoms with E-state index in [1.54, 1.807) is 0 Å². The molecule has 0 aliphatic carbocycles. The summed E-state index contributed by atoms with van der Waals surface area (Å²) in [6.07, 6.45) is 0.541. The first kappa shape index (κ1) is 51.3. The van der Waals surface area contributed by atoms with Crippen LogP contribution in [0.25, 0.3) is 0 Å². The molecule has 0 amide bonds. The average Bonchev–Trinajstić information content (AvgIpc) is 3.07. The molecule has 338 valence electrons. The topological polar surface area (TPSA) is 140 Å². The summed E-state index contributed by atoms with van der Waals surface area (Å²) in [6.45, 7) is 36.4. The molecule has 0 aliphatic heterocycles. The van der Waals surface area contributed by atoms with Crippen LogP contribution >= 0.6 is 8.60 Å². The summed E-state index contributed by atoms with van der Waals surface area (Å²) in [5.74, 6) is -1.41. The lowest BCUT2D eigenvalue weighted by Gasteiger charge is -2.28. The predicted octanol–water partition coefficient (Wildman–Crippen LogP) is 12.6. The van der Waals surface area contributed by atoms with E-state index in [9.17, 15) is 29.7 Å². The van der Waals surface area contributed by atoms with Gasteiger partial charge in [0.2, 0.25) is 0 Å². The van der Waals surface area contributed by atoms with Crippen molar-refractivity contribution < 1.29 is 43.3 Å². The fourth-order valence-corrected chi connectivity index (χ4v) is 8.01. The van der Waals surface area contributed by atoms with Crippen LogP contribution in [-0.4, -0.2) is 33.2 Å². The monoisotopic (exact) mass is 863 g/mol. The Morgan fingerprint density at radius 3 is 0.689 bits per heavy atom. The Hall–Kier alpha value is -4.10. The van der Waals surface area contributed by atoms with Crippen molar-refractivity contribution in [3.8, 4) is 17.2 Å². The van der Waals surface area contributed by atoms with Gasteiger partial charge in [0.25, 0.3) is 0 Å². The Balaban J connectivity index is 1.89. The third kappa shape index (κ3) is 14.2. The molecule has 0 spiro atoms. The molecule has 0 aromatic heterocycles. The summed E-state index contributed by atoms with van der Waals surface area (Å²) in [7, 11) is -2.75. The fraction of sp³-hybridized carbons (Fsp3) is 0.588. The Kier molecular flexibility index (Phi) is 15.7. The summed E-state index contributed by atoms with van der Waals surface area (Å²) in [4.78, 5) is 40.4. The van der Waals surface area contributed by atoms with Gasteiger partial charge in [-0.2, -0.15) is 0 Å². The molecule has 3 aromatic carbocycles. The molecule has 0 atom stereocenters. The first-order valence-electron chi connectivity index (χ1n) is 21.5. The van der Waals surface area contributed by atoms with E-state index in [0.717, 1.165) is 50.1 Å². The Morgan fingerprint density at radius 2 is 0.541 bits per heavy atom. The van der Waals surface area contributed by atoms with Crippen molar-refractivity contribution in [2.45, 2.75) is 196 Å². The van der Waals surface area contributed by atoms with Crippen molar-refractivity contribution in [2.75, 3.05) is 0 Å². The van der Waals surface area contributed by atoms with Gasteiger partial charge in [-0.25, -0.2) is 0 Å². The van der Waals surface area contributed by atoms with Gasteiger partial charge >= 0.3 is 26.5 Å². The molecule has 0 fully saturated rings. The summed E-state index contributed by atoms with van der Waals surface area (Å²) in [6, 6.07) is 11.4. The van der Waals surface area contributed by atoms with Gasteiger partial charge < -0.3 is 28.9 Å². The zero-order valence-electron chi connectivity index (χ0n) is 40.4. The number of aryl methyl sites for hydroxylation is 3. The highest BCUT2D eigenvalue weighted by atomic mass is 31.2. The van der Waals surface area contributed by atoms with Crippen LogP contribution in [0.3, 0.4) is 0 Å². The highest BCUT2D eigenvalue weighted by molar-refractivity contribution is 7.43. The van der Waals surface area contributed by atoms with E-state index in [-0.39, 0.29) is 88.3 Å². The predicted molar refractivity (Wildman–Crippen MR) is 247 cm³/mol. The average molecular weight is 863 g/mol. The minimum absolute atomic E-state index is 0.0940. The van der Waals surface area contributed by atoms with Gasteiger partial charge in [0.05, 0.1) is 0 Å². The lowest BCUT2D eigenvalue weighted by Crippen LogP contribution is -2.18. The molecule has 10 heteroatoms. The van der Waals surface area contributed by atoms with Crippen molar-refractivity contribution in [3.63, 3.8) is 0 Å². The number of aromatic hydroxyl groups is 3. The second-order valence-corrected chi connectivity index (χ2v) is 23.7. The van der Waals surface area contributed by atoms with Gasteiger partial charge in [-0.05, 0) is 102 Å². The van der Waals surface area contributed by atoms with E-state index < -0.39 is 26.5 Å². The molecule has 3 rings (SSSR count). The van der Waals surface area contributed by atoms with Crippen molar-refractivity contribution in [2.24, 2.45) is 0 Å². The number of carbonyl (C=O) groups excluding carboxylic acids is 3. The van der Waals surface area contributed by atoms with Crippen LogP contribution < -0.4 is 0 Å². The molecule has 61 heavy (non-hydrogen) atoms. The van der Waals surface area contributed by atoms with Gasteiger partial charge in [0, 0.05) is 19.3 Å². The number of hydrogen-bond donors (Lipinski definition) is 3. The number of hydrogen-bond acceptors (Lipinski definition) is 9. The maximum absolute atomic E-state index is 13.5. The maximum Gasteiger partial charge on any atom is 0.537 e. The summed E-state index contributed by atoms with van der Waals surface area (Å²) < 4.78 is 16.9. The number of carbonyl (C=O) groups is 3. The smallest absolute Gasteiger partial charge is 0.507 e. The van der Waals surface area contributed by atoms with E-state index in [4.69, 9.17) is 13.6 Å². The number of rotatable bonds is 12. The number of benzene rings is 3. The van der Waals surface area contributed by atoms with Gasteiger partial charge in [0.15, 0.2) is 0 Å². The van der Waals surface area contributed by atoms with Gasteiger partial charge in [-0.3, -0.25) is 14.4 Å². The molecule has 0 saturated carbocycles. The van der Waals surface area contributed by atoms with E-state index >= 15 is 0 Å². The van der Waals surface area contributed by atoms with Crippen molar-refractivity contribution >= 4 is 26.5 Å². The van der Waals surface area contributed by atoms with Gasteiger partial charge in [0.1, 0.15) is 17.2 Å². The molecule has 0 bridgehead atoms. The highest BCUT2D eigenvalue weighted by Gasteiger charge is 2.32. The SMILES string of the molecule is CC(C)(C)c1cc(CCC(=O)OP(OC(=O)CCc2cc(C(C)(C)C)c(O)c(C(C)(C)C)c2)OC(=O)CCc2cc(C(C)(C)C)c(O)c(C(C)(C)C)c2)cc(C(C)(C)C)c1O. The van der Waals surface area contributed by atoms with Crippen molar-refractivity contribution in [1.82, 2.24) is 0 Å². The van der Waals surface area contributed by atoms with Crippen LogP contribution in [0.4, 0.5) is 0 Å². The molecule has 0 radical (unpaired) electrons. The minimum atomic E-state index is -2.75. The fourth-order valence-electron chi connectivity index (χ4n) is 7.13. The lowest BCUT2D eigenvalue weighted by atomic mass is 9.78. The lowest BCUT2D eigenvalue weighted by molar-refractivity contribution is -0.142. The van der Waals surface area contributed by atoms with Crippen molar-refractivity contribution in [3.05, 3.63) is 86.5 Å². The quantitative estimate of drug-likeness (QED) is 0.152. The normalized spacial score (nSPS) is 13.0. The molecule has 3 N–H and O–H groups in total. The van der Waals surface area contributed by atoms with Crippen LogP contribution in [0.2, 0.25) is 0 Å². The Bertz CT molecular complexity index is 1730. The second kappa shape index (κ2) is 18.7. The molecule has 0 saturated heterocycles. The second-order valence-electron chi connectivity index (χ2n) is 22.7. The van der Waals surface area contributed by atoms with Gasteiger partial charge in [-0.15, -0.1) is 0 Å². The summed E-state index contributed by atoms with van der Waals surface area (Å²) >= 11 is 0. The summed E-state index contributed by atoms with van der Waals surface area (Å²) in [5, 5.41) is 33.6. The number of phenolic OH excluding ortho intramolecular Hbond substituents is 3. The third-order valence-corrected chi connectivity index (χ3v) is 11.8. The molecule has 3 aromatic rings. The van der Waals surface area contributed by atoms with E-state index in [0.29, 0.717) is 0 Å².